The fourth-order valence-electron chi connectivity index (χ4n) is 3.74. The summed E-state index contributed by atoms with van der Waals surface area (Å²) in [5.41, 5.74) is 1.58. The molecule has 3 aromatic rings. The second-order valence-electron chi connectivity index (χ2n) is 7.20. The molecule has 7 nitrogen and oxygen atoms in total. The molecule has 1 heterocycles. The van der Waals surface area contributed by atoms with Gasteiger partial charge in [-0.05, 0) is 49.2 Å². The third-order valence-corrected chi connectivity index (χ3v) is 5.22. The first-order valence-corrected chi connectivity index (χ1v) is 9.87. The Kier molecular flexibility index (Phi) is 5.49. The second kappa shape index (κ2) is 8.39. The minimum atomic E-state index is -0.655. The SMILES string of the molecule is COC(=O)c1cccc(NC(=O)c2cc3c(n(-c4ccccc4)c2=O)CCCC3=O)c1. The molecular formula is C24H20N2O5. The lowest BCUT2D eigenvalue weighted by Gasteiger charge is -2.21. The van der Waals surface area contributed by atoms with Crippen molar-refractivity contribution in [2.45, 2.75) is 19.3 Å². The summed E-state index contributed by atoms with van der Waals surface area (Å²) in [7, 11) is 1.27. The van der Waals surface area contributed by atoms with Crippen molar-refractivity contribution in [2.75, 3.05) is 12.4 Å². The number of pyridine rings is 1. The number of rotatable bonds is 4. The van der Waals surface area contributed by atoms with E-state index < -0.39 is 17.4 Å². The Morgan fingerprint density at radius 1 is 0.968 bits per heavy atom. The number of para-hydroxylation sites is 1. The van der Waals surface area contributed by atoms with Crippen LogP contribution in [0.15, 0.2) is 65.5 Å². The molecule has 31 heavy (non-hydrogen) atoms. The number of carbonyl (C=O) groups is 3. The maximum Gasteiger partial charge on any atom is 0.337 e. The van der Waals surface area contributed by atoms with Crippen LogP contribution in [0.5, 0.6) is 0 Å². The number of aromatic nitrogens is 1. The van der Waals surface area contributed by atoms with Crippen LogP contribution in [-0.4, -0.2) is 29.3 Å². The molecule has 4 rings (SSSR count). The number of ketones is 1. The van der Waals surface area contributed by atoms with Crippen molar-refractivity contribution in [1.82, 2.24) is 4.57 Å². The number of hydrogen-bond donors (Lipinski definition) is 1. The van der Waals surface area contributed by atoms with Crippen LogP contribution in [0.2, 0.25) is 0 Å². The Morgan fingerprint density at radius 3 is 2.48 bits per heavy atom. The number of nitrogens with one attached hydrogen (secondary N) is 1. The van der Waals surface area contributed by atoms with Crippen LogP contribution in [0.1, 0.15) is 49.6 Å². The molecule has 156 valence electrons. The maximum atomic E-state index is 13.3. The van der Waals surface area contributed by atoms with Gasteiger partial charge in [0.15, 0.2) is 5.78 Å². The molecular weight excluding hydrogens is 396 g/mol. The lowest BCUT2D eigenvalue weighted by molar-refractivity contribution is 0.0600. The van der Waals surface area contributed by atoms with Gasteiger partial charge in [0.25, 0.3) is 11.5 Å². The van der Waals surface area contributed by atoms with Crippen LogP contribution in [0.25, 0.3) is 5.69 Å². The van der Waals surface area contributed by atoms with E-state index in [1.165, 1.54) is 23.8 Å². The molecule has 1 aromatic heterocycles. The molecule has 0 unspecified atom stereocenters. The number of amides is 1. The molecule has 0 saturated heterocycles. The highest BCUT2D eigenvalue weighted by molar-refractivity contribution is 6.07. The quantitative estimate of drug-likeness (QED) is 0.658. The first-order chi connectivity index (χ1) is 15.0. The minimum Gasteiger partial charge on any atom is -0.465 e. The summed E-state index contributed by atoms with van der Waals surface area (Å²) >= 11 is 0. The van der Waals surface area contributed by atoms with E-state index in [9.17, 15) is 19.2 Å². The molecule has 1 aliphatic rings. The van der Waals surface area contributed by atoms with Crippen LogP contribution < -0.4 is 10.9 Å². The molecule has 1 amide bonds. The van der Waals surface area contributed by atoms with E-state index in [1.807, 2.05) is 6.07 Å². The summed E-state index contributed by atoms with van der Waals surface area (Å²) in [5.74, 6) is -1.28. The zero-order valence-electron chi connectivity index (χ0n) is 16.9. The Morgan fingerprint density at radius 2 is 1.74 bits per heavy atom. The largest absolute Gasteiger partial charge is 0.465 e. The molecule has 1 aliphatic carbocycles. The van der Waals surface area contributed by atoms with Crippen molar-refractivity contribution in [3.8, 4) is 5.69 Å². The summed E-state index contributed by atoms with van der Waals surface area (Å²) in [5, 5.41) is 2.65. The number of ether oxygens (including phenoxy) is 1. The first kappa shape index (κ1) is 20.3. The van der Waals surface area contributed by atoms with E-state index >= 15 is 0 Å². The van der Waals surface area contributed by atoms with E-state index in [0.717, 1.165) is 0 Å². The average Bonchev–Trinajstić information content (AvgIpc) is 2.79. The van der Waals surface area contributed by atoms with Crippen LogP contribution in [0, 0.1) is 0 Å². The molecule has 2 aromatic carbocycles. The van der Waals surface area contributed by atoms with E-state index in [1.54, 1.807) is 42.5 Å². The fourth-order valence-corrected chi connectivity index (χ4v) is 3.74. The Hall–Kier alpha value is -4.00. The highest BCUT2D eigenvalue weighted by Crippen LogP contribution is 2.24. The van der Waals surface area contributed by atoms with Gasteiger partial charge < -0.3 is 10.1 Å². The predicted octanol–water partition coefficient (Wildman–Crippen LogP) is 3.40. The molecule has 0 bridgehead atoms. The molecule has 0 radical (unpaired) electrons. The van der Waals surface area contributed by atoms with Crippen molar-refractivity contribution >= 4 is 23.3 Å². The molecule has 0 fully saturated rings. The van der Waals surface area contributed by atoms with Gasteiger partial charge in [-0.3, -0.25) is 19.0 Å². The maximum absolute atomic E-state index is 13.3. The number of benzene rings is 2. The number of carbonyl (C=O) groups excluding carboxylic acids is 3. The second-order valence-corrected chi connectivity index (χ2v) is 7.20. The summed E-state index contributed by atoms with van der Waals surface area (Å²) < 4.78 is 6.15. The van der Waals surface area contributed by atoms with Gasteiger partial charge >= 0.3 is 5.97 Å². The lowest BCUT2D eigenvalue weighted by atomic mass is 9.92. The highest BCUT2D eigenvalue weighted by atomic mass is 16.5. The number of anilines is 1. The van der Waals surface area contributed by atoms with Crippen LogP contribution in [0.3, 0.4) is 0 Å². The van der Waals surface area contributed by atoms with Crippen molar-refractivity contribution < 1.29 is 19.1 Å². The van der Waals surface area contributed by atoms with Gasteiger partial charge in [-0.15, -0.1) is 0 Å². The van der Waals surface area contributed by atoms with Gasteiger partial charge in [-0.25, -0.2) is 4.79 Å². The average molecular weight is 416 g/mol. The summed E-state index contributed by atoms with van der Waals surface area (Å²) in [6, 6.07) is 16.6. The molecule has 0 saturated carbocycles. The van der Waals surface area contributed by atoms with Crippen LogP contribution in [-0.2, 0) is 11.2 Å². The topological polar surface area (TPSA) is 94.5 Å². The summed E-state index contributed by atoms with van der Waals surface area (Å²) in [6.07, 6.45) is 1.61. The normalized spacial score (nSPS) is 12.7. The third-order valence-electron chi connectivity index (χ3n) is 5.22. The Balaban J connectivity index is 1.79. The summed E-state index contributed by atoms with van der Waals surface area (Å²) in [6.45, 7) is 0. The minimum absolute atomic E-state index is 0.0901. The Labute approximate surface area is 178 Å². The van der Waals surface area contributed by atoms with Crippen molar-refractivity contribution in [3.05, 3.63) is 93.4 Å². The van der Waals surface area contributed by atoms with Gasteiger partial charge in [0.1, 0.15) is 5.56 Å². The fraction of sp³-hybridized carbons (Fsp3) is 0.167. The van der Waals surface area contributed by atoms with Gasteiger partial charge in [0.05, 0.1) is 12.7 Å². The molecule has 0 spiro atoms. The molecule has 0 aliphatic heterocycles. The van der Waals surface area contributed by atoms with Crippen LogP contribution in [0.4, 0.5) is 5.69 Å². The van der Waals surface area contributed by atoms with Gasteiger partial charge in [-0.1, -0.05) is 24.3 Å². The number of Topliss-reactive ketones (excluding diaryl/α,β-unsaturated/α-hetero) is 1. The Bertz CT molecular complexity index is 1240. The number of hydrogen-bond acceptors (Lipinski definition) is 5. The first-order valence-electron chi connectivity index (χ1n) is 9.87. The third kappa shape index (κ3) is 3.90. The number of methoxy groups -OCH3 is 1. The lowest BCUT2D eigenvalue weighted by Crippen LogP contribution is -2.33. The molecule has 7 heteroatoms. The number of esters is 1. The number of fused-ring (bicyclic) bond motifs is 1. The highest BCUT2D eigenvalue weighted by Gasteiger charge is 2.26. The van der Waals surface area contributed by atoms with E-state index in [-0.39, 0.29) is 16.9 Å². The zero-order valence-corrected chi connectivity index (χ0v) is 16.9. The van der Waals surface area contributed by atoms with E-state index in [2.05, 4.69) is 5.32 Å². The zero-order chi connectivity index (χ0) is 22.0. The predicted molar refractivity (Wildman–Crippen MR) is 115 cm³/mol. The van der Waals surface area contributed by atoms with Gasteiger partial charge in [0, 0.05) is 29.1 Å². The molecule has 1 N–H and O–H groups in total. The van der Waals surface area contributed by atoms with Crippen molar-refractivity contribution in [2.24, 2.45) is 0 Å². The van der Waals surface area contributed by atoms with Gasteiger partial charge in [-0.2, -0.15) is 0 Å². The molecule has 0 atom stereocenters. The van der Waals surface area contributed by atoms with Crippen molar-refractivity contribution in [3.63, 3.8) is 0 Å². The van der Waals surface area contributed by atoms with Crippen molar-refractivity contribution in [1.29, 1.82) is 0 Å². The number of nitrogens with zero attached hydrogens (tertiary/aromatic N) is 1. The van der Waals surface area contributed by atoms with E-state index in [0.29, 0.717) is 41.9 Å². The standard InChI is InChI=1S/C24H20N2O5/c1-31-24(30)15-7-5-8-16(13-15)25-22(28)19-14-18-20(11-6-12-21(18)27)26(23(19)29)17-9-3-2-4-10-17/h2-5,7-10,13-14H,6,11-12H2,1H3,(H,25,28). The van der Waals surface area contributed by atoms with Gasteiger partial charge in [0.2, 0.25) is 0 Å². The monoisotopic (exact) mass is 416 g/mol. The van der Waals surface area contributed by atoms with Crippen LogP contribution >= 0.6 is 0 Å². The van der Waals surface area contributed by atoms with E-state index in [4.69, 9.17) is 4.74 Å². The summed E-state index contributed by atoms with van der Waals surface area (Å²) in [4.78, 5) is 50.6. The smallest absolute Gasteiger partial charge is 0.337 e.